The average Bonchev–Trinajstić information content (AvgIpc) is 3.99. The van der Waals surface area contributed by atoms with Crippen molar-refractivity contribution < 1.29 is 46.5 Å². The molecule has 1 aromatic carbocycles. The molecule has 2 aromatic rings. The molecular weight excluding hydrogens is 767 g/mol. The number of pyridine rings is 1. The minimum Gasteiger partial charge on any atom is -0.496 e. The van der Waals surface area contributed by atoms with E-state index >= 15 is 0 Å². The summed E-state index contributed by atoms with van der Waals surface area (Å²) in [6.07, 6.45) is 11.3. The Morgan fingerprint density at radius 1 is 1.07 bits per heavy atom. The third kappa shape index (κ3) is 7.95. The molecule has 4 aliphatic carbocycles. The topological polar surface area (TPSA) is 192 Å². The number of fused-ring (bicyclic) bond motifs is 4. The van der Waals surface area contributed by atoms with Crippen molar-refractivity contribution in [3.05, 3.63) is 42.5 Å². The Balaban J connectivity index is 1.17. The highest BCUT2D eigenvalue weighted by molar-refractivity contribution is 7.91. The van der Waals surface area contributed by atoms with Crippen LogP contribution in [0.3, 0.4) is 0 Å². The molecule has 312 valence electrons. The number of hydrogen-bond acceptors (Lipinski definition) is 11. The van der Waals surface area contributed by atoms with Gasteiger partial charge in [0.25, 0.3) is 5.91 Å². The standard InChI is InChI=1S/C42H53N5O10S/c1-4-27-22-42(27,40(50)46-58(52,53)29-16-17-29)45-38(48)32-19-28-23-47(32)39(49)37(25-10-6-7-11-25)44-41(51)57-33-15-9-13-24(33)12-8-14-26-18-30-31(20-34(26)54-3)43-36(55-5-2)21-35(30)56-28/h4,8,14,18,20-21,24-25,27-29,32-33,37H,1,5-7,9-13,15-17,19,22-23H2,2-3H3,(H,44,51)(H,45,48)(H,46,50)/b14-8+/t24-,27-,28+,32-,33+,37-,42+/m0/s1. The van der Waals surface area contributed by atoms with E-state index in [2.05, 4.69) is 28.0 Å². The van der Waals surface area contributed by atoms with E-state index < -0.39 is 68.7 Å². The Labute approximate surface area is 338 Å². The van der Waals surface area contributed by atoms with E-state index in [4.69, 9.17) is 23.9 Å². The van der Waals surface area contributed by atoms with Gasteiger partial charge in [-0.25, -0.2) is 18.2 Å². The van der Waals surface area contributed by atoms with Crippen LogP contribution in [0.2, 0.25) is 0 Å². The van der Waals surface area contributed by atoms with Crippen LogP contribution >= 0.6 is 0 Å². The van der Waals surface area contributed by atoms with Crippen LogP contribution in [0.1, 0.15) is 89.5 Å². The summed E-state index contributed by atoms with van der Waals surface area (Å²) in [6.45, 7) is 6.00. The van der Waals surface area contributed by atoms with Gasteiger partial charge < -0.3 is 34.5 Å². The molecule has 1 aromatic heterocycles. The summed E-state index contributed by atoms with van der Waals surface area (Å²) in [5.41, 5.74) is -0.202. The fourth-order valence-electron chi connectivity index (χ4n) is 9.36. The van der Waals surface area contributed by atoms with Gasteiger partial charge in [0, 0.05) is 35.4 Å². The Morgan fingerprint density at radius 3 is 2.55 bits per heavy atom. The number of ether oxygens (including phenoxy) is 4. The molecule has 0 unspecified atom stereocenters. The molecule has 4 amide bonds. The highest BCUT2D eigenvalue weighted by atomic mass is 32.2. The van der Waals surface area contributed by atoms with Crippen LogP contribution in [0.5, 0.6) is 17.4 Å². The lowest BCUT2D eigenvalue weighted by atomic mass is 9.96. The fourth-order valence-corrected chi connectivity index (χ4v) is 10.7. The molecular formula is C42H53N5O10S. The molecule has 3 heterocycles. The van der Waals surface area contributed by atoms with Crippen molar-refractivity contribution in [1.29, 1.82) is 0 Å². The summed E-state index contributed by atoms with van der Waals surface area (Å²) in [5.74, 6) is -1.18. The van der Waals surface area contributed by atoms with E-state index in [1.54, 1.807) is 13.2 Å². The van der Waals surface area contributed by atoms with Crippen LogP contribution in [0.25, 0.3) is 17.0 Å². The number of nitrogens with one attached hydrogen (secondary N) is 3. The molecule has 5 fully saturated rings. The van der Waals surface area contributed by atoms with E-state index in [1.807, 2.05) is 25.1 Å². The van der Waals surface area contributed by atoms with Gasteiger partial charge in [0.1, 0.15) is 41.3 Å². The first-order valence-electron chi connectivity index (χ1n) is 20.7. The van der Waals surface area contributed by atoms with Crippen LogP contribution in [-0.2, 0) is 29.1 Å². The van der Waals surface area contributed by atoms with Crippen LogP contribution in [0.4, 0.5) is 4.79 Å². The molecule has 0 spiro atoms. The molecule has 0 radical (unpaired) electrons. The Bertz CT molecular complexity index is 2120. The number of alkyl carbamates (subject to hydrolysis) is 1. The molecule has 15 nitrogen and oxygen atoms in total. The SMILES string of the molecule is C=C[C@H]1C[C@]1(NC(=O)[C@@H]1C[C@@H]2CN1C(=O)[C@H](C1CCCC1)NC(=O)O[C@@H]1CCC[C@@H]1C/C=C/c1cc3c(cc(OCC)nc3cc1OC)O2)C(=O)NS(=O)(=O)C1CC1. The summed E-state index contributed by atoms with van der Waals surface area (Å²) in [4.78, 5) is 63.0. The number of amides is 4. The zero-order valence-corrected chi connectivity index (χ0v) is 33.9. The van der Waals surface area contributed by atoms with Gasteiger partial charge in [-0.15, -0.1) is 6.58 Å². The number of aromatic nitrogens is 1. The summed E-state index contributed by atoms with van der Waals surface area (Å²) in [7, 11) is -2.32. The second-order valence-electron chi connectivity index (χ2n) is 16.6. The van der Waals surface area contributed by atoms with Gasteiger partial charge in [-0.05, 0) is 82.6 Å². The van der Waals surface area contributed by atoms with E-state index in [9.17, 15) is 27.6 Å². The van der Waals surface area contributed by atoms with Gasteiger partial charge in [0.05, 0.1) is 31.0 Å². The average molecular weight is 820 g/mol. The maximum atomic E-state index is 14.9. The lowest BCUT2D eigenvalue weighted by Gasteiger charge is -2.32. The molecule has 16 heteroatoms. The van der Waals surface area contributed by atoms with Crippen molar-refractivity contribution in [2.24, 2.45) is 17.8 Å². The van der Waals surface area contributed by atoms with E-state index in [-0.39, 0.29) is 37.3 Å². The van der Waals surface area contributed by atoms with Crippen LogP contribution in [0.15, 0.2) is 36.9 Å². The fraction of sp³-hybridized carbons (Fsp3) is 0.595. The van der Waals surface area contributed by atoms with Crippen molar-refractivity contribution in [2.75, 3.05) is 20.3 Å². The van der Waals surface area contributed by atoms with Gasteiger partial charge in [-0.1, -0.05) is 31.1 Å². The maximum absolute atomic E-state index is 14.9. The van der Waals surface area contributed by atoms with Crippen molar-refractivity contribution >= 4 is 50.8 Å². The largest absolute Gasteiger partial charge is 0.496 e. The second-order valence-corrected chi connectivity index (χ2v) is 18.6. The molecule has 1 saturated heterocycles. The quantitative estimate of drug-likeness (QED) is 0.286. The Kier molecular flexibility index (Phi) is 11.1. The third-order valence-corrected chi connectivity index (χ3v) is 14.6. The van der Waals surface area contributed by atoms with Crippen molar-refractivity contribution in [3.63, 3.8) is 0 Å². The van der Waals surface area contributed by atoms with Gasteiger partial charge >= 0.3 is 6.09 Å². The molecule has 2 aliphatic heterocycles. The smallest absolute Gasteiger partial charge is 0.408 e. The number of carbonyl (C=O) groups is 4. The number of sulfonamides is 1. The summed E-state index contributed by atoms with van der Waals surface area (Å²) < 4.78 is 52.2. The molecule has 8 rings (SSSR count). The van der Waals surface area contributed by atoms with Gasteiger partial charge in [0.2, 0.25) is 27.7 Å². The zero-order chi connectivity index (χ0) is 40.8. The molecule has 4 bridgehead atoms. The van der Waals surface area contributed by atoms with Gasteiger partial charge in [0.15, 0.2) is 0 Å². The van der Waals surface area contributed by atoms with Crippen LogP contribution < -0.4 is 29.6 Å². The Hall–Kier alpha value is -4.86. The van der Waals surface area contributed by atoms with Crippen LogP contribution in [-0.4, -0.2) is 97.5 Å². The van der Waals surface area contributed by atoms with E-state index in [0.717, 1.165) is 31.2 Å². The summed E-state index contributed by atoms with van der Waals surface area (Å²) >= 11 is 0. The molecule has 7 atom stereocenters. The molecule has 4 saturated carbocycles. The summed E-state index contributed by atoms with van der Waals surface area (Å²) in [6, 6.07) is 3.35. The van der Waals surface area contributed by atoms with Crippen molar-refractivity contribution in [1.82, 2.24) is 25.2 Å². The minimum absolute atomic E-state index is 0.0155. The number of nitrogens with zero attached hydrogens (tertiary/aromatic N) is 2. The lowest BCUT2D eigenvalue weighted by molar-refractivity contribution is -0.142. The first kappa shape index (κ1) is 39.9. The monoisotopic (exact) mass is 819 g/mol. The minimum atomic E-state index is -3.91. The third-order valence-electron chi connectivity index (χ3n) is 12.8. The first-order valence-corrected chi connectivity index (χ1v) is 22.2. The zero-order valence-electron chi connectivity index (χ0n) is 33.1. The molecule has 58 heavy (non-hydrogen) atoms. The van der Waals surface area contributed by atoms with Crippen molar-refractivity contribution in [3.8, 4) is 17.4 Å². The predicted molar refractivity (Wildman–Crippen MR) is 213 cm³/mol. The number of hydrogen-bond donors (Lipinski definition) is 3. The summed E-state index contributed by atoms with van der Waals surface area (Å²) in [5, 5.41) is 5.82. The maximum Gasteiger partial charge on any atom is 0.408 e. The van der Waals surface area contributed by atoms with Crippen molar-refractivity contribution in [2.45, 2.75) is 119 Å². The van der Waals surface area contributed by atoms with Crippen LogP contribution in [0, 0.1) is 17.8 Å². The first-order chi connectivity index (χ1) is 27.9. The number of allylic oxidation sites excluding steroid dienone is 1. The highest BCUT2D eigenvalue weighted by Crippen LogP contribution is 2.46. The molecule has 3 N–H and O–H groups in total. The van der Waals surface area contributed by atoms with E-state index in [0.29, 0.717) is 73.4 Å². The highest BCUT2D eigenvalue weighted by Gasteiger charge is 2.62. The second kappa shape index (κ2) is 16.1. The number of benzene rings is 1. The number of rotatable bonds is 10. The number of carbonyl (C=O) groups excluding carboxylic acids is 4. The molecule has 6 aliphatic rings. The van der Waals surface area contributed by atoms with Gasteiger partial charge in [-0.2, -0.15) is 0 Å². The Morgan fingerprint density at radius 2 is 1.84 bits per heavy atom. The normalized spacial score (nSPS) is 30.6. The van der Waals surface area contributed by atoms with Gasteiger partial charge in [-0.3, -0.25) is 19.1 Å². The lowest BCUT2D eigenvalue weighted by Crippen LogP contribution is -2.59. The van der Waals surface area contributed by atoms with E-state index in [1.165, 1.54) is 11.0 Å². The predicted octanol–water partition coefficient (Wildman–Crippen LogP) is 4.53. The number of methoxy groups -OCH3 is 1.